The molecule has 434 valence electrons. The molecule has 0 atom stereocenters. The highest BCUT2D eigenvalue weighted by Gasteiger charge is 2.31. The van der Waals surface area contributed by atoms with Gasteiger partial charge < -0.3 is 34.3 Å². The number of hydrogen-bond acceptors (Lipinski definition) is 17. The molecule has 0 aliphatic carbocycles. The number of carboxylic acids is 2. The predicted molar refractivity (Wildman–Crippen MR) is 322 cm³/mol. The number of amides is 2. The molecule has 0 fully saturated rings. The average Bonchev–Trinajstić information content (AvgIpc) is 3.61. The van der Waals surface area contributed by atoms with Crippen molar-refractivity contribution in [1.82, 2.24) is 20.8 Å². The Labute approximate surface area is 496 Å². The fraction of sp³-hybridized carbons (Fsp3) is 0.344. The zero-order chi connectivity index (χ0) is 60.2. The van der Waals surface area contributed by atoms with Crippen molar-refractivity contribution in [3.63, 3.8) is 0 Å². The molecule has 0 saturated heterocycles. The van der Waals surface area contributed by atoms with Gasteiger partial charge in [0.05, 0.1) is 63.0 Å². The van der Waals surface area contributed by atoms with Crippen molar-refractivity contribution in [3.8, 4) is 23.0 Å². The van der Waals surface area contributed by atoms with Crippen LogP contribution in [0.3, 0.4) is 0 Å². The van der Waals surface area contributed by atoms with Gasteiger partial charge in [0.15, 0.2) is 26.4 Å². The minimum Gasteiger partial charge on any atom is -0.481 e. The van der Waals surface area contributed by atoms with Crippen LogP contribution in [-0.4, -0.2) is 95.0 Å². The van der Waals surface area contributed by atoms with Gasteiger partial charge in [-0.05, 0) is 117 Å². The van der Waals surface area contributed by atoms with E-state index < -0.39 is 71.8 Å². The van der Waals surface area contributed by atoms with Crippen LogP contribution in [0.1, 0.15) is 117 Å². The largest absolute Gasteiger partial charge is 0.481 e. The lowest BCUT2D eigenvalue weighted by Crippen LogP contribution is -2.25. The van der Waals surface area contributed by atoms with Crippen molar-refractivity contribution in [1.29, 1.82) is 0 Å². The molecule has 21 heteroatoms. The molecule has 17 nitrogen and oxygen atoms in total. The molecular weight excluding hydrogens is 1120 g/mol. The first-order valence-corrected chi connectivity index (χ1v) is 29.2. The number of aliphatic hydroxyl groups excluding tert-OH is 1. The van der Waals surface area contributed by atoms with Crippen LogP contribution >= 0.6 is 47.0 Å². The molecule has 0 saturated carbocycles. The Morgan fingerprint density at radius 2 is 0.683 bits per heavy atom. The Morgan fingerprint density at radius 1 is 0.439 bits per heavy atom. The number of nitrogens with one attached hydrogen (secondary N) is 2. The van der Waals surface area contributed by atoms with E-state index in [0.717, 1.165) is 29.4 Å². The molecule has 4 aromatic carbocycles. The van der Waals surface area contributed by atoms with Crippen LogP contribution in [0, 0.1) is 0 Å². The molecule has 1 aliphatic heterocycles. The number of carboxylic acid groups (broad SMARTS) is 2. The van der Waals surface area contributed by atoms with Gasteiger partial charge in [-0.1, -0.05) is 142 Å². The van der Waals surface area contributed by atoms with Gasteiger partial charge >= 0.3 is 11.9 Å². The van der Waals surface area contributed by atoms with Gasteiger partial charge in [-0.2, -0.15) is 10.2 Å². The van der Waals surface area contributed by atoms with Crippen molar-refractivity contribution in [2.75, 3.05) is 33.5 Å². The molecule has 1 aliphatic rings. The first-order chi connectivity index (χ1) is 38.6. The van der Waals surface area contributed by atoms with Crippen LogP contribution in [-0.2, 0) is 40.8 Å². The van der Waals surface area contributed by atoms with Crippen LogP contribution in [0.4, 0.5) is 0 Å². The Hall–Kier alpha value is -7.04. The summed E-state index contributed by atoms with van der Waals surface area (Å²) in [5.41, 5.74) is 7.89. The van der Waals surface area contributed by atoms with Gasteiger partial charge in [0.2, 0.25) is 0 Å². The smallest absolute Gasteiger partial charge is 0.341 e. The van der Waals surface area contributed by atoms with Gasteiger partial charge in [0.1, 0.15) is 23.0 Å². The van der Waals surface area contributed by atoms with Gasteiger partial charge in [0, 0.05) is 19.5 Å². The van der Waals surface area contributed by atoms with Crippen molar-refractivity contribution >= 4 is 83.2 Å². The predicted octanol–water partition coefficient (Wildman–Crippen LogP) is 12.2. The van der Waals surface area contributed by atoms with Crippen LogP contribution in [0.25, 0.3) is 0 Å². The second kappa shape index (κ2) is 27.8. The number of aliphatic carboxylic acids is 2. The highest BCUT2D eigenvalue weighted by molar-refractivity contribution is 8.01. The lowest BCUT2D eigenvalue weighted by molar-refractivity contribution is -0.140. The fourth-order valence-electron chi connectivity index (χ4n) is 7.54. The van der Waals surface area contributed by atoms with Crippen molar-refractivity contribution in [3.05, 3.63) is 131 Å². The van der Waals surface area contributed by atoms with E-state index >= 15 is 0 Å². The molecule has 6 aromatic rings. The third kappa shape index (κ3) is 18.0. The molecule has 82 heavy (non-hydrogen) atoms. The number of pyridine rings is 2. The summed E-state index contributed by atoms with van der Waals surface area (Å²) in [5.74, 6) is -2.38. The maximum Gasteiger partial charge on any atom is 0.341 e. The highest BCUT2D eigenvalue weighted by atomic mass is 32.2. The average molecular weight is 1190 g/mol. The minimum absolute atomic E-state index is 0.262. The van der Waals surface area contributed by atoms with E-state index in [1.807, 2.05) is 48.5 Å². The lowest BCUT2D eigenvalue weighted by atomic mass is 9.87. The highest BCUT2D eigenvalue weighted by Crippen LogP contribution is 2.56. The maximum atomic E-state index is 13.7. The monoisotopic (exact) mass is 1190 g/mol. The molecule has 0 spiro atoms. The van der Waals surface area contributed by atoms with Gasteiger partial charge in [-0.25, -0.2) is 20.4 Å². The summed E-state index contributed by atoms with van der Waals surface area (Å²) in [4.78, 5) is 65.3. The van der Waals surface area contributed by atoms with Gasteiger partial charge in [-0.15, -0.1) is 0 Å². The Balaban J connectivity index is 0.00000535. The van der Waals surface area contributed by atoms with E-state index in [1.165, 1.54) is 59.5 Å². The number of nitrogens with zero attached hydrogens (tertiary/aromatic N) is 4. The first kappa shape index (κ1) is 64.1. The van der Waals surface area contributed by atoms with E-state index in [1.54, 1.807) is 48.8 Å². The van der Waals surface area contributed by atoms with Crippen LogP contribution in [0.2, 0.25) is 0 Å². The van der Waals surface area contributed by atoms with Crippen LogP contribution in [0.5, 0.6) is 23.0 Å². The SMILES string of the molecule is CC(C)(C)c1cc2c(OCC(=O)O)c(c1)Sc1cc(C(C)(C)C)cc(c1OCC(=O)N/N=C/c1ccccn1)Sc1cc(C(C)(C)C)cc(c1OCC(=O)O)Sc1cc(C(C)(C)C)cc(c1OCC(=O)N/N=C/c1ccccn1)S2.CO. The van der Waals surface area contributed by atoms with E-state index in [4.69, 9.17) is 24.1 Å². The second-order valence-corrected chi connectivity index (χ2v) is 27.0. The van der Waals surface area contributed by atoms with Gasteiger partial charge in [-0.3, -0.25) is 19.6 Å². The Bertz CT molecular complexity index is 3020. The zero-order valence-electron chi connectivity index (χ0n) is 48.3. The third-order valence-electron chi connectivity index (χ3n) is 11.9. The summed E-state index contributed by atoms with van der Waals surface area (Å²) in [6, 6.07) is 26.5. The molecule has 7 rings (SSSR count). The molecule has 2 aromatic heterocycles. The molecule has 3 heterocycles. The number of fused-ring (bicyclic) bond motifs is 8. The number of ether oxygens (including phenoxy) is 4. The summed E-state index contributed by atoms with van der Waals surface area (Å²) >= 11 is 5.15. The normalized spacial score (nSPS) is 12.7. The summed E-state index contributed by atoms with van der Waals surface area (Å²) in [5, 5.41) is 35.7. The quantitative estimate of drug-likeness (QED) is 0.0446. The number of hydrogen-bond donors (Lipinski definition) is 5. The number of rotatable bonds is 16. The number of aliphatic hydroxyl groups is 1. The number of benzene rings is 4. The summed E-state index contributed by atoms with van der Waals surface area (Å²) in [7, 11) is 1.00. The lowest BCUT2D eigenvalue weighted by Gasteiger charge is -2.28. The van der Waals surface area contributed by atoms with E-state index in [0.29, 0.717) is 62.1 Å². The van der Waals surface area contributed by atoms with E-state index in [2.05, 4.69) is 114 Å². The number of aromatic nitrogens is 2. The first-order valence-electron chi connectivity index (χ1n) is 25.9. The van der Waals surface area contributed by atoms with Crippen molar-refractivity contribution in [2.24, 2.45) is 10.2 Å². The molecular formula is C61H70N6O11S4. The number of carbonyl (C=O) groups is 4. The van der Waals surface area contributed by atoms with Crippen LogP contribution < -0.4 is 29.8 Å². The van der Waals surface area contributed by atoms with Crippen molar-refractivity contribution < 1.29 is 53.4 Å². The number of carbonyl (C=O) groups excluding carboxylic acids is 2. The molecule has 5 N–H and O–H groups in total. The zero-order valence-corrected chi connectivity index (χ0v) is 51.5. The van der Waals surface area contributed by atoms with Crippen molar-refractivity contribution in [2.45, 2.75) is 144 Å². The topological polar surface area (TPSA) is 240 Å². The molecule has 2 amide bonds. The van der Waals surface area contributed by atoms with Gasteiger partial charge in [0.25, 0.3) is 11.8 Å². The minimum atomic E-state index is -1.20. The maximum absolute atomic E-state index is 13.7. The molecule has 0 unspecified atom stereocenters. The van der Waals surface area contributed by atoms with Crippen LogP contribution in [0.15, 0.2) is 147 Å². The number of hydrazone groups is 2. The third-order valence-corrected chi connectivity index (χ3v) is 16.1. The fourth-order valence-corrected chi connectivity index (χ4v) is 12.3. The summed E-state index contributed by atoms with van der Waals surface area (Å²) in [6.07, 6.45) is 6.08. The summed E-state index contributed by atoms with van der Waals surface area (Å²) < 4.78 is 26.1. The second-order valence-electron chi connectivity index (χ2n) is 22.7. The molecule has 8 bridgehead atoms. The molecule has 0 radical (unpaired) electrons. The Morgan fingerprint density at radius 3 is 0.890 bits per heavy atom. The summed E-state index contributed by atoms with van der Waals surface area (Å²) in [6.45, 7) is 22.6. The van der Waals surface area contributed by atoms with E-state index in [-0.39, 0.29) is 11.5 Å². The Kier molecular flexibility index (Phi) is 21.8. The van der Waals surface area contributed by atoms with E-state index in [9.17, 15) is 29.4 Å². The standard InChI is InChI=1S/C60H66N6O10S4.CH4O/c1-57(2,3)35-21-41-53(73-31-49(67)65-63-29-39-17-13-15-19-61-39)42(22-35)78-46-26-38(60(10,11)12)28-48(56(46)76-34-52(71)72)80-44-24-36(58(4,5)6)23-43(54(44)74-32-50(68)66-64-30-40-18-14-16-20-62-40)79-47-27-37(59(7,8)9)25-45(77-41)55(47)75-33-51(69)70;1-2/h13-30H,31-34H2,1-12H3,(H,65,67)(H,66,68)(H,69,70)(H,71,72);2H,1H3/b63-29+,64-30+;.